The van der Waals surface area contributed by atoms with E-state index in [1.54, 1.807) is 12.1 Å². The van der Waals surface area contributed by atoms with Gasteiger partial charge in [0.25, 0.3) is 5.56 Å². The van der Waals surface area contributed by atoms with Crippen LogP contribution in [-0.2, 0) is 6.42 Å². The van der Waals surface area contributed by atoms with E-state index in [-0.39, 0.29) is 11.4 Å². The van der Waals surface area contributed by atoms with Crippen molar-refractivity contribution in [1.29, 1.82) is 0 Å². The summed E-state index contributed by atoms with van der Waals surface area (Å²) in [6, 6.07) is 5.94. The molecule has 2 aromatic rings. The summed E-state index contributed by atoms with van der Waals surface area (Å²) in [5.74, 6) is 0.0478. The minimum absolute atomic E-state index is 0.287. The third kappa shape index (κ3) is 2.91. The molecule has 0 fully saturated rings. The van der Waals surface area contributed by atoms with E-state index in [0.717, 1.165) is 5.56 Å². The van der Waals surface area contributed by atoms with Crippen molar-refractivity contribution in [2.45, 2.75) is 13.3 Å². The highest BCUT2D eigenvalue weighted by Gasteiger charge is 2.05. The van der Waals surface area contributed by atoms with Gasteiger partial charge in [-0.25, -0.2) is 4.39 Å². The summed E-state index contributed by atoms with van der Waals surface area (Å²) in [5, 5.41) is 10.6. The van der Waals surface area contributed by atoms with Gasteiger partial charge in [0.15, 0.2) is 0 Å². The van der Waals surface area contributed by atoms with E-state index in [1.807, 2.05) is 6.92 Å². The van der Waals surface area contributed by atoms with Gasteiger partial charge in [-0.15, -0.1) is 10.2 Å². The third-order valence-electron chi connectivity index (χ3n) is 2.39. The molecule has 2 N–H and O–H groups in total. The summed E-state index contributed by atoms with van der Waals surface area (Å²) in [7, 11) is 0. The maximum Gasteiger partial charge on any atom is 0.274 e. The first-order valence-electron chi connectivity index (χ1n) is 5.63. The fourth-order valence-corrected chi connectivity index (χ4v) is 1.52. The zero-order valence-corrected chi connectivity index (χ0v) is 9.90. The number of nitrogens with one attached hydrogen (secondary N) is 2. The molecule has 0 aliphatic carbocycles. The van der Waals surface area contributed by atoms with E-state index in [0.29, 0.717) is 24.6 Å². The van der Waals surface area contributed by atoms with Gasteiger partial charge < -0.3 is 5.32 Å². The van der Waals surface area contributed by atoms with Crippen LogP contribution in [0.5, 0.6) is 0 Å². The van der Waals surface area contributed by atoms with Crippen LogP contribution < -0.4 is 10.9 Å². The van der Waals surface area contributed by atoms with Gasteiger partial charge >= 0.3 is 0 Å². The third-order valence-corrected chi connectivity index (χ3v) is 2.39. The Bertz CT molecular complexity index is 579. The van der Waals surface area contributed by atoms with Crippen LogP contribution in [0.25, 0.3) is 0 Å². The second-order valence-corrected chi connectivity index (χ2v) is 3.78. The van der Waals surface area contributed by atoms with Gasteiger partial charge in [-0.3, -0.25) is 9.78 Å². The Morgan fingerprint density at radius 3 is 2.61 bits per heavy atom. The van der Waals surface area contributed by atoms with Crippen LogP contribution in [0.4, 0.5) is 10.3 Å². The standard InChI is InChI=1S/C12H13FN4O/c1-2-14-12-15-11(18)10(16-17-12)7-8-3-5-9(13)6-4-8/h3-6H,2,7H2,1H3,(H2,14,15,17,18). The van der Waals surface area contributed by atoms with Crippen LogP contribution in [0.1, 0.15) is 18.2 Å². The first kappa shape index (κ1) is 12.2. The highest BCUT2D eigenvalue weighted by molar-refractivity contribution is 5.24. The number of rotatable bonds is 4. The summed E-state index contributed by atoms with van der Waals surface area (Å²) in [5.41, 5.74) is 0.834. The largest absolute Gasteiger partial charge is 0.355 e. The number of hydrogen-bond donors (Lipinski definition) is 2. The molecule has 2 rings (SSSR count). The molecule has 0 atom stereocenters. The van der Waals surface area contributed by atoms with Crippen molar-refractivity contribution in [2.24, 2.45) is 0 Å². The molecule has 0 unspecified atom stereocenters. The van der Waals surface area contributed by atoms with E-state index in [9.17, 15) is 9.18 Å². The molecular weight excluding hydrogens is 235 g/mol. The van der Waals surface area contributed by atoms with E-state index in [4.69, 9.17) is 0 Å². The van der Waals surface area contributed by atoms with Crippen LogP contribution in [0.3, 0.4) is 0 Å². The molecule has 1 heterocycles. The van der Waals surface area contributed by atoms with Crippen LogP contribution in [0.2, 0.25) is 0 Å². The summed E-state index contributed by atoms with van der Waals surface area (Å²) < 4.78 is 12.7. The van der Waals surface area contributed by atoms with Crippen molar-refractivity contribution in [3.63, 3.8) is 0 Å². The topological polar surface area (TPSA) is 70.7 Å². The average molecular weight is 248 g/mol. The Hall–Kier alpha value is -2.24. The Kier molecular flexibility index (Phi) is 3.66. The Morgan fingerprint density at radius 2 is 2.00 bits per heavy atom. The van der Waals surface area contributed by atoms with Crippen molar-refractivity contribution < 1.29 is 4.39 Å². The SMILES string of the molecule is CCNc1nnc(Cc2ccc(F)cc2)c(=O)[nH]1. The lowest BCUT2D eigenvalue weighted by atomic mass is 10.1. The summed E-state index contributed by atoms with van der Waals surface area (Å²) in [6.07, 6.45) is 0.328. The number of halogens is 1. The molecule has 6 heteroatoms. The second-order valence-electron chi connectivity index (χ2n) is 3.78. The quantitative estimate of drug-likeness (QED) is 0.856. The molecule has 0 saturated heterocycles. The fraction of sp³-hybridized carbons (Fsp3) is 0.250. The van der Waals surface area contributed by atoms with Crippen LogP contribution in [0.15, 0.2) is 29.1 Å². The summed E-state index contributed by atoms with van der Waals surface area (Å²) in [6.45, 7) is 2.55. The fourth-order valence-electron chi connectivity index (χ4n) is 1.52. The molecule has 18 heavy (non-hydrogen) atoms. The molecule has 0 amide bonds. The van der Waals surface area contributed by atoms with Crippen LogP contribution in [-0.4, -0.2) is 21.7 Å². The molecular formula is C12H13FN4O. The lowest BCUT2D eigenvalue weighted by Gasteiger charge is -2.02. The monoisotopic (exact) mass is 248 g/mol. The molecule has 0 spiro atoms. The van der Waals surface area contributed by atoms with E-state index < -0.39 is 0 Å². The number of hydrogen-bond acceptors (Lipinski definition) is 4. The smallest absolute Gasteiger partial charge is 0.274 e. The molecule has 0 saturated carbocycles. The lowest BCUT2D eigenvalue weighted by Crippen LogP contribution is -2.19. The number of nitrogens with zero attached hydrogens (tertiary/aromatic N) is 2. The predicted molar refractivity (Wildman–Crippen MR) is 66.0 cm³/mol. The molecule has 0 bridgehead atoms. The van der Waals surface area contributed by atoms with Crippen molar-refractivity contribution in [2.75, 3.05) is 11.9 Å². The maximum absolute atomic E-state index is 12.7. The van der Waals surface area contributed by atoms with E-state index >= 15 is 0 Å². The lowest BCUT2D eigenvalue weighted by molar-refractivity contribution is 0.627. The van der Waals surface area contributed by atoms with Crippen molar-refractivity contribution in [1.82, 2.24) is 15.2 Å². The number of anilines is 1. The molecule has 0 aliphatic heterocycles. The molecule has 1 aromatic carbocycles. The predicted octanol–water partition coefficient (Wildman–Crippen LogP) is 1.33. The van der Waals surface area contributed by atoms with Crippen LogP contribution in [0, 0.1) is 5.82 Å². The number of benzene rings is 1. The highest BCUT2D eigenvalue weighted by Crippen LogP contribution is 2.06. The average Bonchev–Trinajstić information content (AvgIpc) is 2.36. The normalized spacial score (nSPS) is 10.3. The van der Waals surface area contributed by atoms with Crippen molar-refractivity contribution >= 4 is 5.95 Å². The summed E-state index contributed by atoms with van der Waals surface area (Å²) in [4.78, 5) is 14.3. The van der Waals surface area contributed by atoms with Crippen molar-refractivity contribution in [3.8, 4) is 0 Å². The zero-order chi connectivity index (χ0) is 13.0. The van der Waals surface area contributed by atoms with Gasteiger partial charge in [-0.05, 0) is 24.6 Å². The van der Waals surface area contributed by atoms with E-state index in [2.05, 4.69) is 20.5 Å². The van der Waals surface area contributed by atoms with Gasteiger partial charge in [-0.2, -0.15) is 0 Å². The van der Waals surface area contributed by atoms with Crippen molar-refractivity contribution in [3.05, 3.63) is 51.7 Å². The molecule has 94 valence electrons. The molecule has 0 aliphatic rings. The van der Waals surface area contributed by atoms with Gasteiger partial charge in [0.2, 0.25) is 5.95 Å². The van der Waals surface area contributed by atoms with E-state index in [1.165, 1.54) is 12.1 Å². The first-order chi connectivity index (χ1) is 8.69. The van der Waals surface area contributed by atoms with Gasteiger partial charge in [0.1, 0.15) is 11.5 Å². The van der Waals surface area contributed by atoms with Crippen LogP contribution >= 0.6 is 0 Å². The van der Waals surface area contributed by atoms with Gasteiger partial charge in [0, 0.05) is 13.0 Å². The molecule has 5 nitrogen and oxygen atoms in total. The Balaban J connectivity index is 2.19. The minimum Gasteiger partial charge on any atom is -0.355 e. The van der Waals surface area contributed by atoms with Gasteiger partial charge in [0.05, 0.1) is 0 Å². The Morgan fingerprint density at radius 1 is 1.28 bits per heavy atom. The van der Waals surface area contributed by atoms with Gasteiger partial charge in [-0.1, -0.05) is 12.1 Å². The first-order valence-corrected chi connectivity index (χ1v) is 5.63. The number of aromatic amines is 1. The number of aromatic nitrogens is 3. The maximum atomic E-state index is 12.7. The zero-order valence-electron chi connectivity index (χ0n) is 9.90. The number of H-pyrrole nitrogens is 1. The second kappa shape index (κ2) is 5.39. The summed E-state index contributed by atoms with van der Waals surface area (Å²) >= 11 is 0. The highest BCUT2D eigenvalue weighted by atomic mass is 19.1. The molecule has 0 radical (unpaired) electrons. The Labute approximate surface area is 103 Å². The minimum atomic E-state index is -0.304. The molecule has 1 aromatic heterocycles.